The second-order valence-electron chi connectivity index (χ2n) is 5.42. The van der Waals surface area contributed by atoms with Gasteiger partial charge in [-0.1, -0.05) is 26.7 Å². The van der Waals surface area contributed by atoms with E-state index in [0.29, 0.717) is 0 Å². The lowest BCUT2D eigenvalue weighted by Crippen LogP contribution is -2.39. The number of rotatable bonds is 2. The molecule has 1 unspecified atom stereocenters. The van der Waals surface area contributed by atoms with Crippen LogP contribution < -0.4 is 5.32 Å². The Bertz CT molecular complexity index is 404. The molecular weight excluding hydrogens is 222 g/mol. The Morgan fingerprint density at radius 2 is 2.12 bits per heavy atom. The van der Waals surface area contributed by atoms with E-state index in [0.717, 1.165) is 31.5 Å². The number of nitrogens with one attached hydrogen (secondary N) is 1. The van der Waals surface area contributed by atoms with Crippen LogP contribution in [0.25, 0.3) is 0 Å². The summed E-state index contributed by atoms with van der Waals surface area (Å²) in [6.45, 7) is 4.34. The van der Waals surface area contributed by atoms with Gasteiger partial charge in [-0.05, 0) is 18.3 Å². The topological polar surface area (TPSA) is 24.9 Å². The molecule has 2 rings (SSSR count). The molecule has 1 aromatic heterocycles. The van der Waals surface area contributed by atoms with Gasteiger partial charge in [0.05, 0.1) is 6.20 Å². The number of anilines is 1. The lowest BCUT2D eigenvalue weighted by atomic mass is 9.73. The minimum Gasteiger partial charge on any atom is -0.364 e. The maximum absolute atomic E-state index is 13.5. The van der Waals surface area contributed by atoms with E-state index in [1.54, 1.807) is 0 Å². The zero-order chi connectivity index (χ0) is 12.5. The Labute approximate surface area is 100 Å². The van der Waals surface area contributed by atoms with Crippen LogP contribution in [-0.4, -0.2) is 11.0 Å². The number of pyridine rings is 1. The predicted molar refractivity (Wildman–Crippen MR) is 63.8 cm³/mol. The van der Waals surface area contributed by atoms with Gasteiger partial charge in [0, 0.05) is 12.1 Å². The molecule has 4 heteroatoms. The van der Waals surface area contributed by atoms with Gasteiger partial charge < -0.3 is 5.32 Å². The molecule has 1 N–H and O–H groups in total. The molecule has 1 aromatic rings. The lowest BCUT2D eigenvalue weighted by molar-refractivity contribution is 0.216. The lowest BCUT2D eigenvalue weighted by Gasteiger charge is -2.39. The molecule has 1 aliphatic carbocycles. The molecule has 1 fully saturated rings. The minimum absolute atomic E-state index is 0.126. The summed E-state index contributed by atoms with van der Waals surface area (Å²) in [4.78, 5) is 3.78. The van der Waals surface area contributed by atoms with Crippen LogP contribution in [0.4, 0.5) is 14.6 Å². The van der Waals surface area contributed by atoms with Gasteiger partial charge in [0.2, 0.25) is 0 Å². The second kappa shape index (κ2) is 4.59. The Hall–Kier alpha value is -1.19. The van der Waals surface area contributed by atoms with E-state index in [1.165, 1.54) is 6.42 Å². The second-order valence-corrected chi connectivity index (χ2v) is 5.42. The highest BCUT2D eigenvalue weighted by atomic mass is 19.1. The van der Waals surface area contributed by atoms with E-state index in [1.807, 2.05) is 0 Å². The summed E-state index contributed by atoms with van der Waals surface area (Å²) in [5.41, 5.74) is 0.126. The van der Waals surface area contributed by atoms with Crippen molar-refractivity contribution in [3.05, 3.63) is 23.9 Å². The van der Waals surface area contributed by atoms with Crippen LogP contribution >= 0.6 is 0 Å². The summed E-state index contributed by atoms with van der Waals surface area (Å²) >= 11 is 0. The van der Waals surface area contributed by atoms with E-state index in [-0.39, 0.29) is 17.3 Å². The van der Waals surface area contributed by atoms with Gasteiger partial charge in [-0.25, -0.2) is 13.8 Å². The Morgan fingerprint density at radius 1 is 1.35 bits per heavy atom. The first-order chi connectivity index (χ1) is 7.99. The van der Waals surface area contributed by atoms with E-state index >= 15 is 0 Å². The molecule has 94 valence electrons. The SMILES string of the molecule is CC1(C)CCCCC1Nc1ncc(F)cc1F. The van der Waals surface area contributed by atoms with Crippen LogP contribution in [-0.2, 0) is 0 Å². The fourth-order valence-corrected chi connectivity index (χ4v) is 2.45. The summed E-state index contributed by atoms with van der Waals surface area (Å²) in [5, 5.41) is 3.11. The van der Waals surface area contributed by atoms with Crippen LogP contribution in [0.1, 0.15) is 39.5 Å². The molecule has 0 amide bonds. The van der Waals surface area contributed by atoms with Crippen molar-refractivity contribution in [2.75, 3.05) is 5.32 Å². The van der Waals surface area contributed by atoms with Gasteiger partial charge in [0.15, 0.2) is 11.6 Å². The van der Waals surface area contributed by atoms with Crippen LogP contribution in [0, 0.1) is 17.0 Å². The molecule has 0 saturated heterocycles. The van der Waals surface area contributed by atoms with Gasteiger partial charge in [0.1, 0.15) is 5.82 Å². The first-order valence-corrected chi connectivity index (χ1v) is 6.06. The number of aromatic nitrogens is 1. The third kappa shape index (κ3) is 2.73. The quantitative estimate of drug-likeness (QED) is 0.851. The van der Waals surface area contributed by atoms with Gasteiger partial charge in [0.25, 0.3) is 0 Å². The average Bonchev–Trinajstić information content (AvgIpc) is 2.24. The molecule has 0 spiro atoms. The highest BCUT2D eigenvalue weighted by Crippen LogP contribution is 2.37. The minimum atomic E-state index is -0.643. The molecule has 1 atom stereocenters. The van der Waals surface area contributed by atoms with Gasteiger partial charge >= 0.3 is 0 Å². The Balaban J connectivity index is 2.14. The van der Waals surface area contributed by atoms with Crippen molar-refractivity contribution in [1.82, 2.24) is 4.98 Å². The third-order valence-electron chi connectivity index (χ3n) is 3.63. The fraction of sp³-hybridized carbons (Fsp3) is 0.615. The van der Waals surface area contributed by atoms with Crippen molar-refractivity contribution in [1.29, 1.82) is 0 Å². The Morgan fingerprint density at radius 3 is 2.76 bits per heavy atom. The van der Waals surface area contributed by atoms with Crippen LogP contribution in [0.2, 0.25) is 0 Å². The molecule has 2 nitrogen and oxygen atoms in total. The van der Waals surface area contributed by atoms with E-state index in [4.69, 9.17) is 0 Å². The maximum atomic E-state index is 13.5. The summed E-state index contributed by atoms with van der Waals surface area (Å²) in [6.07, 6.45) is 5.52. The molecule has 1 saturated carbocycles. The van der Waals surface area contributed by atoms with Crippen LogP contribution in [0.3, 0.4) is 0 Å². The number of halogens is 2. The number of nitrogens with zero attached hydrogens (tertiary/aromatic N) is 1. The van der Waals surface area contributed by atoms with E-state index in [9.17, 15) is 8.78 Å². The molecule has 1 aliphatic rings. The van der Waals surface area contributed by atoms with E-state index < -0.39 is 11.6 Å². The molecule has 0 aliphatic heterocycles. The average molecular weight is 240 g/mol. The smallest absolute Gasteiger partial charge is 0.168 e. The first kappa shape index (κ1) is 12.3. The number of hydrogen-bond donors (Lipinski definition) is 1. The predicted octanol–water partition coefficient (Wildman–Crippen LogP) is 3.74. The summed E-state index contributed by atoms with van der Waals surface area (Å²) in [6, 6.07) is 1.06. The zero-order valence-corrected chi connectivity index (χ0v) is 10.3. The summed E-state index contributed by atoms with van der Waals surface area (Å²) in [5.74, 6) is -1.10. The van der Waals surface area contributed by atoms with Gasteiger partial charge in [-0.3, -0.25) is 0 Å². The molecule has 0 aromatic carbocycles. The first-order valence-electron chi connectivity index (χ1n) is 6.06. The van der Waals surface area contributed by atoms with Crippen LogP contribution in [0.15, 0.2) is 12.3 Å². The summed E-state index contributed by atoms with van der Waals surface area (Å²) in [7, 11) is 0. The van der Waals surface area contributed by atoms with Gasteiger partial charge in [-0.2, -0.15) is 0 Å². The summed E-state index contributed by atoms with van der Waals surface area (Å²) < 4.78 is 26.2. The van der Waals surface area contributed by atoms with Crippen molar-refractivity contribution in [2.45, 2.75) is 45.6 Å². The van der Waals surface area contributed by atoms with E-state index in [2.05, 4.69) is 24.1 Å². The third-order valence-corrected chi connectivity index (χ3v) is 3.63. The molecule has 17 heavy (non-hydrogen) atoms. The largest absolute Gasteiger partial charge is 0.364 e. The Kier molecular flexibility index (Phi) is 3.31. The monoisotopic (exact) mass is 240 g/mol. The van der Waals surface area contributed by atoms with Crippen molar-refractivity contribution < 1.29 is 8.78 Å². The van der Waals surface area contributed by atoms with Gasteiger partial charge in [-0.15, -0.1) is 0 Å². The van der Waals surface area contributed by atoms with Crippen molar-refractivity contribution >= 4 is 5.82 Å². The van der Waals surface area contributed by atoms with Crippen LogP contribution in [0.5, 0.6) is 0 Å². The van der Waals surface area contributed by atoms with Crippen molar-refractivity contribution in [3.63, 3.8) is 0 Å². The van der Waals surface area contributed by atoms with Crippen molar-refractivity contribution in [3.8, 4) is 0 Å². The molecule has 0 bridgehead atoms. The maximum Gasteiger partial charge on any atom is 0.168 e. The normalized spacial score (nSPS) is 23.4. The molecule has 1 heterocycles. The highest BCUT2D eigenvalue weighted by molar-refractivity contribution is 5.37. The fourth-order valence-electron chi connectivity index (χ4n) is 2.45. The molecular formula is C13H18F2N2. The zero-order valence-electron chi connectivity index (χ0n) is 10.3. The highest BCUT2D eigenvalue weighted by Gasteiger charge is 2.32. The number of hydrogen-bond acceptors (Lipinski definition) is 2. The molecule has 0 radical (unpaired) electrons. The standard InChI is InChI=1S/C13H18F2N2/c1-13(2)6-4-3-5-11(13)17-12-10(15)7-9(14)8-16-12/h7-8,11H,3-6H2,1-2H3,(H,16,17). The van der Waals surface area contributed by atoms with Crippen molar-refractivity contribution in [2.24, 2.45) is 5.41 Å².